The van der Waals surface area contributed by atoms with E-state index in [1.165, 1.54) is 0 Å². The van der Waals surface area contributed by atoms with Gasteiger partial charge in [-0.25, -0.2) is 0 Å². The molecule has 0 radical (unpaired) electrons. The smallest absolute Gasteiger partial charge is 0.0688 e. The maximum atomic E-state index is 10.5. The summed E-state index contributed by atoms with van der Waals surface area (Å²) in [6, 6.07) is 0. The van der Waals surface area contributed by atoms with Gasteiger partial charge in [-0.05, 0) is 50.0 Å². The highest BCUT2D eigenvalue weighted by Gasteiger charge is 2.40. The second kappa shape index (κ2) is 4.19. The minimum Gasteiger partial charge on any atom is -0.390 e. The lowest BCUT2D eigenvalue weighted by Gasteiger charge is -2.44. The van der Waals surface area contributed by atoms with Crippen molar-refractivity contribution in [1.29, 1.82) is 0 Å². The van der Waals surface area contributed by atoms with E-state index in [1.807, 2.05) is 0 Å². The average Bonchev–Trinajstić information content (AvgIpc) is 2.13. The highest BCUT2D eigenvalue weighted by molar-refractivity contribution is 4.93. The van der Waals surface area contributed by atoms with Crippen LogP contribution in [0, 0.1) is 11.3 Å². The van der Waals surface area contributed by atoms with Crippen LogP contribution in [0.5, 0.6) is 0 Å². The Hall–Kier alpha value is -0.0800. The molecule has 0 heterocycles. The Bertz CT molecular complexity index is 175. The predicted molar refractivity (Wildman–Crippen MR) is 60.0 cm³/mol. The highest BCUT2D eigenvalue weighted by atomic mass is 16.3. The molecule has 1 aliphatic rings. The third kappa shape index (κ3) is 2.48. The van der Waals surface area contributed by atoms with Crippen LogP contribution >= 0.6 is 0 Å². The fourth-order valence-electron chi connectivity index (χ4n) is 2.53. The first-order chi connectivity index (χ1) is 6.43. The zero-order valence-electron chi connectivity index (χ0n) is 9.84. The van der Waals surface area contributed by atoms with Crippen molar-refractivity contribution in [3.63, 3.8) is 0 Å². The van der Waals surface area contributed by atoms with E-state index in [2.05, 4.69) is 20.8 Å². The molecule has 1 fully saturated rings. The molecule has 14 heavy (non-hydrogen) atoms. The Morgan fingerprint density at radius 3 is 2.07 bits per heavy atom. The van der Waals surface area contributed by atoms with E-state index in [4.69, 9.17) is 5.73 Å². The number of rotatable bonds is 3. The molecule has 0 saturated heterocycles. The van der Waals surface area contributed by atoms with Crippen LogP contribution in [0.4, 0.5) is 0 Å². The van der Waals surface area contributed by atoms with Gasteiger partial charge in [0.2, 0.25) is 0 Å². The Labute approximate surface area is 87.9 Å². The van der Waals surface area contributed by atoms with E-state index in [0.717, 1.165) is 32.1 Å². The fraction of sp³-hybridized carbons (Fsp3) is 1.00. The van der Waals surface area contributed by atoms with Gasteiger partial charge in [-0.2, -0.15) is 0 Å². The van der Waals surface area contributed by atoms with Gasteiger partial charge >= 0.3 is 0 Å². The molecule has 1 aliphatic carbocycles. The minimum absolute atomic E-state index is 0.290. The van der Waals surface area contributed by atoms with Crippen molar-refractivity contribution in [2.45, 2.75) is 58.5 Å². The van der Waals surface area contributed by atoms with Crippen molar-refractivity contribution in [1.82, 2.24) is 0 Å². The van der Waals surface area contributed by atoms with Crippen molar-refractivity contribution in [3.8, 4) is 0 Å². The lowest BCUT2D eigenvalue weighted by molar-refractivity contribution is -0.0698. The molecule has 1 atom stereocenters. The molecule has 0 aromatic heterocycles. The molecule has 0 spiro atoms. The van der Waals surface area contributed by atoms with Crippen LogP contribution in [0.15, 0.2) is 0 Å². The summed E-state index contributed by atoms with van der Waals surface area (Å²) in [7, 11) is 0. The van der Waals surface area contributed by atoms with E-state index in [1.54, 1.807) is 0 Å². The van der Waals surface area contributed by atoms with Gasteiger partial charge in [0.1, 0.15) is 0 Å². The molecule has 2 nitrogen and oxygen atoms in total. The number of hydrogen-bond donors (Lipinski definition) is 2. The summed E-state index contributed by atoms with van der Waals surface area (Å²) in [5.41, 5.74) is 5.65. The van der Waals surface area contributed by atoms with E-state index < -0.39 is 5.60 Å². The van der Waals surface area contributed by atoms with E-state index >= 15 is 0 Å². The van der Waals surface area contributed by atoms with Crippen molar-refractivity contribution >= 4 is 0 Å². The van der Waals surface area contributed by atoms with Crippen LogP contribution in [0.3, 0.4) is 0 Å². The molecule has 1 saturated carbocycles. The summed E-state index contributed by atoms with van der Waals surface area (Å²) in [6.07, 6.45) is 5.10. The maximum Gasteiger partial charge on any atom is 0.0688 e. The van der Waals surface area contributed by atoms with Crippen LogP contribution in [0.2, 0.25) is 0 Å². The zero-order chi connectivity index (χ0) is 10.8. The van der Waals surface area contributed by atoms with Crippen LogP contribution in [0.1, 0.15) is 52.9 Å². The normalized spacial score (nSPS) is 27.2. The second-order valence-corrected chi connectivity index (χ2v) is 5.61. The number of aliphatic hydroxyl groups is 1. The molecule has 1 unspecified atom stereocenters. The Balaban J connectivity index is 2.60. The molecule has 0 aromatic carbocycles. The minimum atomic E-state index is -0.473. The van der Waals surface area contributed by atoms with E-state index in [-0.39, 0.29) is 0 Å². The summed E-state index contributed by atoms with van der Waals surface area (Å²) in [5.74, 6) is 0.290. The van der Waals surface area contributed by atoms with Gasteiger partial charge < -0.3 is 10.8 Å². The first-order valence-electron chi connectivity index (χ1n) is 5.86. The van der Waals surface area contributed by atoms with Gasteiger partial charge in [-0.3, -0.25) is 0 Å². The van der Waals surface area contributed by atoms with Gasteiger partial charge in [0.15, 0.2) is 0 Å². The summed E-state index contributed by atoms with van der Waals surface area (Å²) in [5, 5.41) is 10.5. The molecule has 0 bridgehead atoms. The van der Waals surface area contributed by atoms with Crippen molar-refractivity contribution in [3.05, 3.63) is 0 Å². The van der Waals surface area contributed by atoms with Gasteiger partial charge in [0, 0.05) is 0 Å². The van der Waals surface area contributed by atoms with Gasteiger partial charge in [0.25, 0.3) is 0 Å². The third-order valence-electron chi connectivity index (χ3n) is 4.01. The summed E-state index contributed by atoms with van der Waals surface area (Å²) in [4.78, 5) is 0. The zero-order valence-corrected chi connectivity index (χ0v) is 9.84. The molecule has 1 rings (SSSR count). The largest absolute Gasteiger partial charge is 0.390 e. The first-order valence-corrected chi connectivity index (χ1v) is 5.86. The van der Waals surface area contributed by atoms with E-state index in [9.17, 15) is 5.11 Å². The van der Waals surface area contributed by atoms with Crippen LogP contribution in [-0.2, 0) is 0 Å². The third-order valence-corrected chi connectivity index (χ3v) is 4.01. The topological polar surface area (TPSA) is 46.2 Å². The van der Waals surface area contributed by atoms with Crippen LogP contribution in [0.25, 0.3) is 0 Å². The molecule has 84 valence electrons. The fourth-order valence-corrected chi connectivity index (χ4v) is 2.53. The first kappa shape index (κ1) is 12.0. The SMILES string of the molecule is CCC(CN)C1(O)CCC(C)(C)CC1. The molecule has 0 aromatic rings. The van der Waals surface area contributed by atoms with Crippen molar-refractivity contribution < 1.29 is 5.11 Å². The molecular weight excluding hydrogens is 174 g/mol. The second-order valence-electron chi connectivity index (χ2n) is 5.61. The number of hydrogen-bond acceptors (Lipinski definition) is 2. The Morgan fingerprint density at radius 1 is 1.21 bits per heavy atom. The average molecular weight is 199 g/mol. The molecule has 3 N–H and O–H groups in total. The highest BCUT2D eigenvalue weighted by Crippen LogP contribution is 2.43. The Kier molecular flexibility index (Phi) is 3.59. The number of nitrogens with two attached hydrogens (primary N) is 1. The van der Waals surface area contributed by atoms with Crippen molar-refractivity contribution in [2.24, 2.45) is 17.1 Å². The van der Waals surface area contributed by atoms with Crippen LogP contribution < -0.4 is 5.73 Å². The summed E-state index contributed by atoms with van der Waals surface area (Å²) < 4.78 is 0. The van der Waals surface area contributed by atoms with Gasteiger partial charge in [-0.15, -0.1) is 0 Å². The molecule has 0 amide bonds. The van der Waals surface area contributed by atoms with Gasteiger partial charge in [-0.1, -0.05) is 20.8 Å². The predicted octanol–water partition coefficient (Wildman–Crippen LogP) is 2.30. The van der Waals surface area contributed by atoms with E-state index in [0.29, 0.717) is 17.9 Å². The molecule has 0 aliphatic heterocycles. The lowest BCUT2D eigenvalue weighted by Crippen LogP contribution is -2.45. The standard InChI is InChI=1S/C12H25NO/c1-4-10(9-13)12(14)7-5-11(2,3)6-8-12/h10,14H,4-9,13H2,1-3H3. The summed E-state index contributed by atoms with van der Waals surface area (Å²) in [6.45, 7) is 7.31. The van der Waals surface area contributed by atoms with Crippen LogP contribution in [-0.4, -0.2) is 17.3 Å². The van der Waals surface area contributed by atoms with Gasteiger partial charge in [0.05, 0.1) is 5.60 Å². The molecular formula is C12H25NO. The maximum absolute atomic E-state index is 10.5. The Morgan fingerprint density at radius 2 is 1.71 bits per heavy atom. The lowest BCUT2D eigenvalue weighted by atomic mass is 9.66. The molecule has 2 heteroatoms. The van der Waals surface area contributed by atoms with Crippen molar-refractivity contribution in [2.75, 3.05) is 6.54 Å². The quantitative estimate of drug-likeness (QED) is 0.732. The monoisotopic (exact) mass is 199 g/mol. The summed E-state index contributed by atoms with van der Waals surface area (Å²) >= 11 is 0.